The number of carbonyl (C=O) groups is 2. The van der Waals surface area contributed by atoms with Crippen LogP contribution < -0.4 is 5.32 Å². The molecule has 0 fully saturated rings. The van der Waals surface area contributed by atoms with E-state index < -0.39 is 0 Å². The molecule has 1 amide bonds. The van der Waals surface area contributed by atoms with Crippen molar-refractivity contribution >= 4 is 40.0 Å². The smallest absolute Gasteiger partial charge is 0.341 e. The summed E-state index contributed by atoms with van der Waals surface area (Å²) in [6, 6.07) is 1.92. The number of carbonyl (C=O) groups excluding carboxylic acids is 2. The molecule has 2 aromatic rings. The highest BCUT2D eigenvalue weighted by Crippen LogP contribution is 2.38. The monoisotopic (exact) mass is 419 g/mol. The third-order valence-electron chi connectivity index (χ3n) is 4.59. The molecule has 0 radical (unpaired) electrons. The van der Waals surface area contributed by atoms with Crippen molar-refractivity contribution in [1.29, 1.82) is 0 Å². The Hall–Kier alpha value is -1.93. The average Bonchev–Trinajstić information content (AvgIpc) is 2.81. The molecule has 0 aromatic carbocycles. The largest absolute Gasteiger partial charge is 0.465 e. The molecule has 6 nitrogen and oxygen atoms in total. The maximum atomic E-state index is 12.5. The number of methoxy groups -OCH3 is 1. The Morgan fingerprint density at radius 3 is 2.61 bits per heavy atom. The van der Waals surface area contributed by atoms with Crippen LogP contribution in [-0.4, -0.2) is 34.7 Å². The van der Waals surface area contributed by atoms with Crippen LogP contribution in [0.3, 0.4) is 0 Å². The van der Waals surface area contributed by atoms with Crippen molar-refractivity contribution in [3.05, 3.63) is 33.5 Å². The van der Waals surface area contributed by atoms with E-state index in [1.165, 1.54) is 41.5 Å². The number of rotatable bonds is 6. The van der Waals surface area contributed by atoms with Crippen molar-refractivity contribution in [2.75, 3.05) is 18.2 Å². The van der Waals surface area contributed by atoms with Gasteiger partial charge in [0.25, 0.3) is 0 Å². The van der Waals surface area contributed by atoms with Gasteiger partial charge in [-0.1, -0.05) is 18.2 Å². The van der Waals surface area contributed by atoms with E-state index in [1.54, 1.807) is 0 Å². The van der Waals surface area contributed by atoms with Gasteiger partial charge in [-0.15, -0.1) is 11.3 Å². The van der Waals surface area contributed by atoms with Gasteiger partial charge in [-0.25, -0.2) is 14.8 Å². The van der Waals surface area contributed by atoms with E-state index in [0.717, 1.165) is 42.6 Å². The van der Waals surface area contributed by atoms with Gasteiger partial charge in [0.1, 0.15) is 5.00 Å². The van der Waals surface area contributed by atoms with E-state index >= 15 is 0 Å². The first-order chi connectivity index (χ1) is 13.5. The predicted molar refractivity (Wildman–Crippen MR) is 112 cm³/mol. The van der Waals surface area contributed by atoms with Gasteiger partial charge in [0.05, 0.1) is 12.7 Å². The number of esters is 1. The zero-order chi connectivity index (χ0) is 20.1. The number of hydrogen-bond donors (Lipinski definition) is 1. The van der Waals surface area contributed by atoms with Crippen LogP contribution in [0.25, 0.3) is 0 Å². The molecule has 3 rings (SSSR count). The van der Waals surface area contributed by atoms with Gasteiger partial charge in [0.15, 0.2) is 5.16 Å². The third kappa shape index (κ3) is 5.11. The minimum Gasteiger partial charge on any atom is -0.465 e. The number of thioether (sulfide) groups is 1. The zero-order valence-corrected chi connectivity index (χ0v) is 18.1. The molecule has 28 heavy (non-hydrogen) atoms. The molecule has 150 valence electrons. The lowest BCUT2D eigenvalue weighted by Gasteiger charge is -2.07. The van der Waals surface area contributed by atoms with Gasteiger partial charge >= 0.3 is 5.97 Å². The van der Waals surface area contributed by atoms with Crippen LogP contribution in [0.1, 0.15) is 57.9 Å². The van der Waals surface area contributed by atoms with Crippen molar-refractivity contribution in [3.8, 4) is 0 Å². The highest BCUT2D eigenvalue weighted by molar-refractivity contribution is 7.99. The van der Waals surface area contributed by atoms with Crippen molar-refractivity contribution in [2.45, 2.75) is 57.5 Å². The number of amides is 1. The number of thiophene rings is 1. The molecule has 2 aromatic heterocycles. The van der Waals surface area contributed by atoms with Crippen LogP contribution in [0.2, 0.25) is 0 Å². The van der Waals surface area contributed by atoms with E-state index in [1.807, 2.05) is 19.9 Å². The first-order valence-electron chi connectivity index (χ1n) is 9.45. The lowest BCUT2D eigenvalue weighted by molar-refractivity contribution is -0.115. The number of hydrogen-bond acceptors (Lipinski definition) is 7. The van der Waals surface area contributed by atoms with Gasteiger partial charge in [-0.3, -0.25) is 4.79 Å². The topological polar surface area (TPSA) is 81.2 Å². The molecule has 1 N–H and O–H groups in total. The molecular weight excluding hydrogens is 394 g/mol. The number of anilines is 1. The minimum absolute atomic E-state index is 0.113. The fourth-order valence-electron chi connectivity index (χ4n) is 3.33. The minimum atomic E-state index is -0.368. The molecule has 2 heterocycles. The van der Waals surface area contributed by atoms with Crippen molar-refractivity contribution in [2.24, 2.45) is 0 Å². The quantitative estimate of drug-likeness (QED) is 0.325. The van der Waals surface area contributed by atoms with Crippen LogP contribution in [0.15, 0.2) is 11.2 Å². The lowest BCUT2D eigenvalue weighted by Crippen LogP contribution is -2.15. The Morgan fingerprint density at radius 2 is 1.89 bits per heavy atom. The van der Waals surface area contributed by atoms with Crippen LogP contribution in [-0.2, 0) is 22.4 Å². The summed E-state index contributed by atoms with van der Waals surface area (Å²) in [6.07, 6.45) is 5.50. The highest BCUT2D eigenvalue weighted by Gasteiger charge is 2.26. The van der Waals surface area contributed by atoms with Crippen LogP contribution in [0.4, 0.5) is 5.00 Å². The molecular formula is C20H25N3O3S2. The second-order valence-electron chi connectivity index (χ2n) is 6.84. The molecule has 0 atom stereocenters. The molecule has 0 spiro atoms. The summed E-state index contributed by atoms with van der Waals surface area (Å²) < 4.78 is 4.98. The summed E-state index contributed by atoms with van der Waals surface area (Å²) in [4.78, 5) is 34.8. The summed E-state index contributed by atoms with van der Waals surface area (Å²) in [5.41, 5.74) is 3.44. The maximum absolute atomic E-state index is 12.5. The normalized spacial score (nSPS) is 13.5. The molecule has 0 bridgehead atoms. The standard InChI is InChI=1S/C20H25N3O3S2/c1-12-11-13(2)22-20(21-12)27-10-9-16(24)23-18-17(19(25)26-3)14-7-5-4-6-8-15(14)28-18/h11H,4-10H2,1-3H3,(H,23,24). The van der Waals surface area contributed by atoms with Crippen LogP contribution in [0.5, 0.6) is 0 Å². The fourth-order valence-corrected chi connectivity index (χ4v) is 5.51. The van der Waals surface area contributed by atoms with Gasteiger partial charge in [0, 0.05) is 28.4 Å². The number of aryl methyl sites for hydroxylation is 3. The molecule has 0 saturated heterocycles. The summed E-state index contributed by atoms with van der Waals surface area (Å²) in [5, 5.41) is 4.24. The van der Waals surface area contributed by atoms with E-state index in [0.29, 0.717) is 27.9 Å². The van der Waals surface area contributed by atoms with Gasteiger partial charge in [-0.2, -0.15) is 0 Å². The molecule has 0 unspecified atom stereocenters. The fraction of sp³-hybridized carbons (Fsp3) is 0.500. The summed E-state index contributed by atoms with van der Waals surface area (Å²) >= 11 is 2.98. The van der Waals surface area contributed by atoms with Crippen molar-refractivity contribution < 1.29 is 14.3 Å². The van der Waals surface area contributed by atoms with E-state index in [4.69, 9.17) is 4.74 Å². The number of nitrogens with zero attached hydrogens (tertiary/aromatic N) is 2. The zero-order valence-electron chi connectivity index (χ0n) is 16.5. The van der Waals surface area contributed by atoms with E-state index in [-0.39, 0.29) is 11.9 Å². The molecule has 8 heteroatoms. The average molecular weight is 420 g/mol. The summed E-state index contributed by atoms with van der Waals surface area (Å²) in [6.45, 7) is 3.86. The van der Waals surface area contributed by atoms with Crippen molar-refractivity contribution in [1.82, 2.24) is 9.97 Å². The van der Waals surface area contributed by atoms with Crippen LogP contribution in [0, 0.1) is 13.8 Å². The summed E-state index contributed by atoms with van der Waals surface area (Å²) in [7, 11) is 1.38. The van der Waals surface area contributed by atoms with Crippen molar-refractivity contribution in [3.63, 3.8) is 0 Å². The predicted octanol–water partition coefficient (Wildman–Crippen LogP) is 4.33. The highest BCUT2D eigenvalue weighted by atomic mass is 32.2. The second-order valence-corrected chi connectivity index (χ2v) is 9.01. The van der Waals surface area contributed by atoms with Gasteiger partial charge < -0.3 is 10.1 Å². The van der Waals surface area contributed by atoms with E-state index in [9.17, 15) is 9.59 Å². The molecule has 1 aliphatic carbocycles. The van der Waals surface area contributed by atoms with E-state index in [2.05, 4.69) is 15.3 Å². The number of ether oxygens (including phenoxy) is 1. The second kappa shape index (κ2) is 9.52. The van der Waals surface area contributed by atoms with Gasteiger partial charge in [-0.05, 0) is 51.2 Å². The molecule has 1 aliphatic rings. The number of aromatic nitrogens is 2. The Labute approximate surface area is 173 Å². The lowest BCUT2D eigenvalue weighted by atomic mass is 10.1. The SMILES string of the molecule is COC(=O)c1c(NC(=O)CCSc2nc(C)cc(C)n2)sc2c1CCCCC2. The number of fused-ring (bicyclic) bond motifs is 1. The van der Waals surface area contributed by atoms with Crippen LogP contribution >= 0.6 is 23.1 Å². The Kier molecular flexibility index (Phi) is 7.07. The third-order valence-corrected chi connectivity index (χ3v) is 6.64. The molecule has 0 aliphatic heterocycles. The first-order valence-corrected chi connectivity index (χ1v) is 11.3. The van der Waals surface area contributed by atoms with Gasteiger partial charge in [0.2, 0.25) is 5.91 Å². The Morgan fingerprint density at radius 1 is 1.18 bits per heavy atom. The number of nitrogens with one attached hydrogen (secondary N) is 1. The first kappa shape index (κ1) is 20.8. The molecule has 0 saturated carbocycles. The Balaban J connectivity index is 1.65. The maximum Gasteiger partial charge on any atom is 0.341 e. The Bertz CT molecular complexity index is 860. The summed E-state index contributed by atoms with van der Waals surface area (Å²) in [5.74, 6) is 0.0963.